The van der Waals surface area contributed by atoms with Crippen LogP contribution >= 0.6 is 34.2 Å². The second kappa shape index (κ2) is 5.54. The zero-order valence-corrected chi connectivity index (χ0v) is 10.2. The quantitative estimate of drug-likeness (QED) is 0.515. The molecule has 0 fully saturated rings. The molecule has 74 valence electrons. The SMILES string of the molecule is N#CC(C#N)=NNc1ccc(I)c(Cl)c1. The number of nitrogens with zero attached hydrogens (tertiary/aromatic N) is 3. The Bertz CT molecular complexity index is 468. The predicted octanol–water partition coefficient (Wildman–Crippen LogP) is 2.76. The van der Waals surface area contributed by atoms with E-state index in [1.807, 2.05) is 0 Å². The van der Waals surface area contributed by atoms with Crippen LogP contribution in [0.4, 0.5) is 5.69 Å². The highest BCUT2D eigenvalue weighted by Gasteiger charge is 1.98. The summed E-state index contributed by atoms with van der Waals surface area (Å²) in [5, 5.41) is 21.0. The lowest BCUT2D eigenvalue weighted by molar-refractivity contribution is 1.33. The molecule has 0 bridgehead atoms. The van der Waals surface area contributed by atoms with Crippen LogP contribution in [0.25, 0.3) is 0 Å². The molecular formula is C9H4ClIN4. The molecule has 0 atom stereocenters. The molecule has 1 rings (SSSR count). The highest BCUT2D eigenvalue weighted by molar-refractivity contribution is 14.1. The monoisotopic (exact) mass is 330 g/mol. The number of nitrogens with one attached hydrogen (secondary N) is 1. The molecule has 4 nitrogen and oxygen atoms in total. The molecule has 0 heterocycles. The van der Waals surface area contributed by atoms with Crippen molar-refractivity contribution in [2.75, 3.05) is 5.43 Å². The van der Waals surface area contributed by atoms with Gasteiger partial charge in [0.05, 0.1) is 10.7 Å². The molecule has 6 heteroatoms. The zero-order chi connectivity index (χ0) is 11.3. The van der Waals surface area contributed by atoms with E-state index in [0.717, 1.165) is 3.57 Å². The van der Waals surface area contributed by atoms with Gasteiger partial charge in [-0.2, -0.15) is 15.6 Å². The van der Waals surface area contributed by atoms with Crippen LogP contribution in [-0.2, 0) is 0 Å². The average Bonchev–Trinajstić information content (AvgIpc) is 2.24. The summed E-state index contributed by atoms with van der Waals surface area (Å²) in [6.45, 7) is 0. The minimum atomic E-state index is -0.232. The maximum atomic E-state index is 8.43. The van der Waals surface area contributed by atoms with Gasteiger partial charge in [-0.05, 0) is 40.8 Å². The average molecular weight is 331 g/mol. The summed E-state index contributed by atoms with van der Waals surface area (Å²) in [6.07, 6.45) is 0. The summed E-state index contributed by atoms with van der Waals surface area (Å²) in [7, 11) is 0. The smallest absolute Gasteiger partial charge is 0.237 e. The molecule has 0 aliphatic heterocycles. The minimum Gasteiger partial charge on any atom is -0.276 e. The summed E-state index contributed by atoms with van der Waals surface area (Å²) in [5.41, 5.74) is 2.97. The lowest BCUT2D eigenvalue weighted by Crippen LogP contribution is -1.96. The van der Waals surface area contributed by atoms with Gasteiger partial charge in [-0.1, -0.05) is 11.6 Å². The molecule has 0 spiro atoms. The van der Waals surface area contributed by atoms with Gasteiger partial charge in [-0.15, -0.1) is 0 Å². The Kier molecular flexibility index (Phi) is 4.35. The highest BCUT2D eigenvalue weighted by atomic mass is 127. The van der Waals surface area contributed by atoms with Crippen LogP contribution in [0.5, 0.6) is 0 Å². The molecule has 1 aromatic carbocycles. The van der Waals surface area contributed by atoms with Gasteiger partial charge in [0.2, 0.25) is 5.71 Å². The van der Waals surface area contributed by atoms with Crippen LogP contribution in [0, 0.1) is 26.2 Å². The molecule has 1 aromatic rings. The second-order valence-corrected chi connectivity index (χ2v) is 3.99. The van der Waals surface area contributed by atoms with Gasteiger partial charge in [0.1, 0.15) is 12.1 Å². The van der Waals surface area contributed by atoms with Crippen molar-refractivity contribution in [1.29, 1.82) is 10.5 Å². The number of rotatable bonds is 2. The fourth-order valence-electron chi connectivity index (χ4n) is 0.761. The summed E-state index contributed by atoms with van der Waals surface area (Å²) in [6, 6.07) is 8.50. The Hall–Kier alpha value is -1.31. The molecule has 0 unspecified atom stereocenters. The van der Waals surface area contributed by atoms with Crippen molar-refractivity contribution in [3.8, 4) is 12.1 Å². The van der Waals surface area contributed by atoms with Crippen molar-refractivity contribution in [2.24, 2.45) is 5.10 Å². The molecule has 0 saturated carbocycles. The minimum absolute atomic E-state index is 0.232. The van der Waals surface area contributed by atoms with E-state index in [9.17, 15) is 0 Å². The fraction of sp³-hybridized carbons (Fsp3) is 0. The van der Waals surface area contributed by atoms with E-state index in [1.165, 1.54) is 0 Å². The highest BCUT2D eigenvalue weighted by Crippen LogP contribution is 2.22. The molecule has 0 aromatic heterocycles. The van der Waals surface area contributed by atoms with Crippen LogP contribution in [0.15, 0.2) is 23.3 Å². The van der Waals surface area contributed by atoms with E-state index in [0.29, 0.717) is 10.7 Å². The number of anilines is 1. The maximum Gasteiger partial charge on any atom is 0.237 e. The van der Waals surface area contributed by atoms with Gasteiger partial charge in [0.25, 0.3) is 0 Å². The largest absolute Gasteiger partial charge is 0.276 e. The van der Waals surface area contributed by atoms with Gasteiger partial charge in [0, 0.05) is 3.57 Å². The maximum absolute atomic E-state index is 8.43. The van der Waals surface area contributed by atoms with Crippen molar-refractivity contribution in [3.63, 3.8) is 0 Å². The molecule has 15 heavy (non-hydrogen) atoms. The number of benzene rings is 1. The summed E-state index contributed by atoms with van der Waals surface area (Å²) < 4.78 is 0.921. The van der Waals surface area contributed by atoms with E-state index >= 15 is 0 Å². The third kappa shape index (κ3) is 3.39. The summed E-state index contributed by atoms with van der Waals surface area (Å²) in [5.74, 6) is 0. The van der Waals surface area contributed by atoms with Crippen LogP contribution in [-0.4, -0.2) is 5.71 Å². The first-order valence-electron chi connectivity index (χ1n) is 3.76. The van der Waals surface area contributed by atoms with E-state index < -0.39 is 0 Å². The van der Waals surface area contributed by atoms with Crippen molar-refractivity contribution in [3.05, 3.63) is 26.8 Å². The predicted molar refractivity (Wildman–Crippen MR) is 66.5 cm³/mol. The molecule has 0 radical (unpaired) electrons. The number of hydrogen-bond donors (Lipinski definition) is 1. The van der Waals surface area contributed by atoms with Gasteiger partial charge in [0.15, 0.2) is 0 Å². The molecule has 0 aliphatic carbocycles. The molecule has 0 saturated heterocycles. The van der Waals surface area contributed by atoms with E-state index in [2.05, 4.69) is 33.1 Å². The van der Waals surface area contributed by atoms with Gasteiger partial charge in [-0.25, -0.2) is 0 Å². The third-order valence-corrected chi connectivity index (χ3v) is 3.00. The van der Waals surface area contributed by atoms with E-state index in [4.69, 9.17) is 22.1 Å². The van der Waals surface area contributed by atoms with Crippen LogP contribution in [0.3, 0.4) is 0 Å². The van der Waals surface area contributed by atoms with Crippen LogP contribution in [0.1, 0.15) is 0 Å². The molecular weight excluding hydrogens is 326 g/mol. The van der Waals surface area contributed by atoms with Gasteiger partial charge in [-0.3, -0.25) is 5.43 Å². The van der Waals surface area contributed by atoms with Crippen molar-refractivity contribution in [2.45, 2.75) is 0 Å². The lowest BCUT2D eigenvalue weighted by Gasteiger charge is -2.01. The molecule has 0 amide bonds. The van der Waals surface area contributed by atoms with Crippen LogP contribution in [0.2, 0.25) is 5.02 Å². The number of nitriles is 2. The zero-order valence-electron chi connectivity index (χ0n) is 7.33. The number of hydrazone groups is 1. The normalized spacial score (nSPS) is 8.53. The van der Waals surface area contributed by atoms with Crippen LogP contribution < -0.4 is 5.43 Å². The standard InChI is InChI=1S/C9H4ClIN4/c10-8-3-6(1-2-9(8)11)14-15-7(4-12)5-13/h1-3,14H. The Morgan fingerprint density at radius 1 is 1.40 bits per heavy atom. The van der Waals surface area contributed by atoms with Crippen molar-refractivity contribution < 1.29 is 0 Å². The third-order valence-electron chi connectivity index (χ3n) is 1.43. The lowest BCUT2D eigenvalue weighted by atomic mass is 10.3. The summed E-state index contributed by atoms with van der Waals surface area (Å²) in [4.78, 5) is 0. The topological polar surface area (TPSA) is 72.0 Å². The number of halogens is 2. The first-order valence-corrected chi connectivity index (χ1v) is 5.22. The van der Waals surface area contributed by atoms with Crippen molar-refractivity contribution >= 4 is 45.6 Å². The summed E-state index contributed by atoms with van der Waals surface area (Å²) >= 11 is 7.97. The Morgan fingerprint density at radius 2 is 2.07 bits per heavy atom. The Balaban J connectivity index is 2.84. The van der Waals surface area contributed by atoms with Gasteiger partial charge < -0.3 is 0 Å². The fourth-order valence-corrected chi connectivity index (χ4v) is 1.28. The first-order chi connectivity index (χ1) is 7.17. The Labute approximate surface area is 105 Å². The van der Waals surface area contributed by atoms with Gasteiger partial charge >= 0.3 is 0 Å². The first kappa shape index (κ1) is 11.8. The van der Waals surface area contributed by atoms with Crippen molar-refractivity contribution in [1.82, 2.24) is 0 Å². The Morgan fingerprint density at radius 3 is 2.60 bits per heavy atom. The molecule has 1 N–H and O–H groups in total. The molecule has 0 aliphatic rings. The number of hydrogen-bond acceptors (Lipinski definition) is 4. The second-order valence-electron chi connectivity index (χ2n) is 2.42. The van der Waals surface area contributed by atoms with E-state index in [-0.39, 0.29) is 5.71 Å². The van der Waals surface area contributed by atoms with E-state index in [1.54, 1.807) is 30.3 Å².